The third kappa shape index (κ3) is 3.00. The molecule has 1 N–H and O–H groups in total. The van der Waals surface area contributed by atoms with Crippen LogP contribution in [0.1, 0.15) is 27.6 Å². The fraction of sp³-hybridized carbons (Fsp3) is 0.467. The average molecular weight is 288 g/mol. The van der Waals surface area contributed by atoms with Gasteiger partial charge in [0.25, 0.3) is 5.91 Å². The number of aromatic amines is 1. The molecule has 112 valence electrons. The fourth-order valence-corrected chi connectivity index (χ4v) is 2.73. The molecule has 6 heteroatoms. The second-order valence-corrected chi connectivity index (χ2v) is 5.47. The van der Waals surface area contributed by atoms with Crippen LogP contribution in [0, 0.1) is 13.8 Å². The SMILES string of the molecule is Cc1cc(C(=O)N2CCN(Cc3cnc[nH]3)CC2)c(C)o1. The third-order valence-electron chi connectivity index (χ3n) is 3.88. The number of carbonyl (C=O) groups excluding carboxylic acids is 1. The van der Waals surface area contributed by atoms with Gasteiger partial charge in [-0.2, -0.15) is 0 Å². The van der Waals surface area contributed by atoms with E-state index in [1.807, 2.05) is 31.0 Å². The second-order valence-electron chi connectivity index (χ2n) is 5.47. The van der Waals surface area contributed by atoms with E-state index in [2.05, 4.69) is 14.9 Å². The minimum absolute atomic E-state index is 0.0746. The van der Waals surface area contributed by atoms with E-state index in [-0.39, 0.29) is 5.91 Å². The van der Waals surface area contributed by atoms with E-state index in [1.165, 1.54) is 0 Å². The number of piperazine rings is 1. The Morgan fingerprint density at radius 1 is 1.33 bits per heavy atom. The highest BCUT2D eigenvalue weighted by molar-refractivity contribution is 5.95. The highest BCUT2D eigenvalue weighted by atomic mass is 16.3. The lowest BCUT2D eigenvalue weighted by molar-refractivity contribution is 0.0625. The van der Waals surface area contributed by atoms with Crippen molar-refractivity contribution < 1.29 is 9.21 Å². The van der Waals surface area contributed by atoms with Crippen molar-refractivity contribution in [2.24, 2.45) is 0 Å². The van der Waals surface area contributed by atoms with Gasteiger partial charge in [0.2, 0.25) is 0 Å². The molecule has 0 saturated carbocycles. The molecule has 1 aliphatic heterocycles. The fourth-order valence-electron chi connectivity index (χ4n) is 2.73. The number of H-pyrrole nitrogens is 1. The van der Waals surface area contributed by atoms with E-state index in [0.29, 0.717) is 11.3 Å². The van der Waals surface area contributed by atoms with Crippen LogP contribution < -0.4 is 0 Å². The van der Waals surface area contributed by atoms with Crippen molar-refractivity contribution in [3.63, 3.8) is 0 Å². The second kappa shape index (κ2) is 5.73. The first-order chi connectivity index (χ1) is 10.1. The van der Waals surface area contributed by atoms with Gasteiger partial charge in [-0.15, -0.1) is 0 Å². The maximum absolute atomic E-state index is 12.5. The van der Waals surface area contributed by atoms with Crippen molar-refractivity contribution in [2.45, 2.75) is 20.4 Å². The lowest BCUT2D eigenvalue weighted by Crippen LogP contribution is -2.48. The summed E-state index contributed by atoms with van der Waals surface area (Å²) in [5, 5.41) is 0. The highest BCUT2D eigenvalue weighted by Crippen LogP contribution is 2.17. The summed E-state index contributed by atoms with van der Waals surface area (Å²) in [5.74, 6) is 1.57. The van der Waals surface area contributed by atoms with Crippen LogP contribution in [-0.2, 0) is 6.54 Å². The molecule has 1 fully saturated rings. The van der Waals surface area contributed by atoms with Crippen molar-refractivity contribution >= 4 is 5.91 Å². The molecule has 0 aliphatic carbocycles. The zero-order chi connectivity index (χ0) is 14.8. The van der Waals surface area contributed by atoms with Crippen LogP contribution in [0.3, 0.4) is 0 Å². The monoisotopic (exact) mass is 288 g/mol. The molecule has 0 radical (unpaired) electrons. The average Bonchev–Trinajstić information content (AvgIpc) is 3.08. The van der Waals surface area contributed by atoms with Crippen LogP contribution in [0.4, 0.5) is 0 Å². The predicted molar refractivity (Wildman–Crippen MR) is 78.0 cm³/mol. The quantitative estimate of drug-likeness (QED) is 0.931. The topological polar surface area (TPSA) is 65.4 Å². The summed E-state index contributed by atoms with van der Waals surface area (Å²) in [6, 6.07) is 1.83. The number of imidazole rings is 1. The molecule has 21 heavy (non-hydrogen) atoms. The Hall–Kier alpha value is -2.08. The van der Waals surface area contributed by atoms with Gasteiger partial charge < -0.3 is 14.3 Å². The number of furan rings is 1. The number of nitrogens with one attached hydrogen (secondary N) is 1. The van der Waals surface area contributed by atoms with Crippen LogP contribution in [0.2, 0.25) is 0 Å². The number of aryl methyl sites for hydroxylation is 2. The molecule has 0 aromatic carbocycles. The largest absolute Gasteiger partial charge is 0.466 e. The van der Waals surface area contributed by atoms with E-state index in [0.717, 1.165) is 44.2 Å². The number of aromatic nitrogens is 2. The minimum atomic E-state index is 0.0746. The molecule has 2 aromatic rings. The Morgan fingerprint density at radius 2 is 2.10 bits per heavy atom. The van der Waals surface area contributed by atoms with Crippen molar-refractivity contribution in [1.82, 2.24) is 19.8 Å². The molecular weight excluding hydrogens is 268 g/mol. The van der Waals surface area contributed by atoms with Crippen molar-refractivity contribution in [1.29, 1.82) is 0 Å². The van der Waals surface area contributed by atoms with Gasteiger partial charge >= 0.3 is 0 Å². The summed E-state index contributed by atoms with van der Waals surface area (Å²) in [6.45, 7) is 7.81. The van der Waals surface area contributed by atoms with Crippen molar-refractivity contribution in [3.8, 4) is 0 Å². The molecule has 3 rings (SSSR count). The number of amides is 1. The summed E-state index contributed by atoms with van der Waals surface area (Å²) in [6.07, 6.45) is 3.54. The first-order valence-electron chi connectivity index (χ1n) is 7.19. The summed E-state index contributed by atoms with van der Waals surface area (Å²) in [4.78, 5) is 23.9. The third-order valence-corrected chi connectivity index (χ3v) is 3.88. The number of carbonyl (C=O) groups is 1. The van der Waals surface area contributed by atoms with Gasteiger partial charge in [-0.1, -0.05) is 0 Å². The summed E-state index contributed by atoms with van der Waals surface area (Å²) in [5.41, 5.74) is 1.80. The molecule has 0 atom stereocenters. The number of hydrogen-bond donors (Lipinski definition) is 1. The zero-order valence-electron chi connectivity index (χ0n) is 12.4. The van der Waals surface area contributed by atoms with E-state index >= 15 is 0 Å². The number of hydrogen-bond acceptors (Lipinski definition) is 4. The molecule has 0 bridgehead atoms. The summed E-state index contributed by atoms with van der Waals surface area (Å²) < 4.78 is 5.45. The number of rotatable bonds is 3. The maximum Gasteiger partial charge on any atom is 0.257 e. The van der Waals surface area contributed by atoms with Crippen molar-refractivity contribution in [2.75, 3.05) is 26.2 Å². The van der Waals surface area contributed by atoms with Gasteiger partial charge in [-0.25, -0.2) is 4.98 Å². The van der Waals surface area contributed by atoms with E-state index < -0.39 is 0 Å². The normalized spacial score (nSPS) is 16.4. The van der Waals surface area contributed by atoms with Gasteiger partial charge in [0.05, 0.1) is 11.9 Å². The van der Waals surface area contributed by atoms with Gasteiger partial charge in [0.15, 0.2) is 0 Å². The van der Waals surface area contributed by atoms with Crippen LogP contribution in [-0.4, -0.2) is 51.9 Å². The molecule has 1 amide bonds. The molecule has 2 aromatic heterocycles. The van der Waals surface area contributed by atoms with Crippen LogP contribution in [0.5, 0.6) is 0 Å². The Kier molecular flexibility index (Phi) is 3.79. The van der Waals surface area contributed by atoms with E-state index in [1.54, 1.807) is 6.33 Å². The molecule has 0 spiro atoms. The highest BCUT2D eigenvalue weighted by Gasteiger charge is 2.24. The van der Waals surface area contributed by atoms with Gasteiger partial charge in [0, 0.05) is 44.6 Å². The standard InChI is InChI=1S/C15H20N4O2/c1-11-7-14(12(2)21-11)15(20)19-5-3-18(4-6-19)9-13-8-16-10-17-13/h7-8,10H,3-6,9H2,1-2H3,(H,16,17). The van der Waals surface area contributed by atoms with Crippen LogP contribution in [0.25, 0.3) is 0 Å². The van der Waals surface area contributed by atoms with Gasteiger partial charge in [-0.05, 0) is 19.9 Å². The predicted octanol–water partition coefficient (Wildman–Crippen LogP) is 1.58. The number of nitrogens with zero attached hydrogens (tertiary/aromatic N) is 3. The zero-order valence-corrected chi connectivity index (χ0v) is 12.4. The Morgan fingerprint density at radius 3 is 2.67 bits per heavy atom. The smallest absolute Gasteiger partial charge is 0.257 e. The van der Waals surface area contributed by atoms with Crippen molar-refractivity contribution in [3.05, 3.63) is 41.4 Å². The first-order valence-corrected chi connectivity index (χ1v) is 7.19. The minimum Gasteiger partial charge on any atom is -0.466 e. The van der Waals surface area contributed by atoms with Gasteiger partial charge in [-0.3, -0.25) is 9.69 Å². The van der Waals surface area contributed by atoms with Gasteiger partial charge in [0.1, 0.15) is 11.5 Å². The Bertz CT molecular complexity index is 610. The Balaban J connectivity index is 1.58. The van der Waals surface area contributed by atoms with E-state index in [9.17, 15) is 4.79 Å². The van der Waals surface area contributed by atoms with E-state index in [4.69, 9.17) is 4.42 Å². The molecule has 3 heterocycles. The lowest BCUT2D eigenvalue weighted by Gasteiger charge is -2.34. The first kappa shape index (κ1) is 13.9. The molecule has 6 nitrogen and oxygen atoms in total. The lowest BCUT2D eigenvalue weighted by atomic mass is 10.2. The molecule has 1 saturated heterocycles. The van der Waals surface area contributed by atoms with Crippen LogP contribution >= 0.6 is 0 Å². The molecule has 1 aliphatic rings. The summed E-state index contributed by atoms with van der Waals surface area (Å²) in [7, 11) is 0. The summed E-state index contributed by atoms with van der Waals surface area (Å²) >= 11 is 0. The maximum atomic E-state index is 12.5. The Labute approximate surface area is 123 Å². The van der Waals surface area contributed by atoms with Crippen LogP contribution in [0.15, 0.2) is 23.0 Å². The molecular formula is C15H20N4O2. The molecule has 0 unspecified atom stereocenters.